The van der Waals surface area contributed by atoms with Crippen LogP contribution in [-0.2, 0) is 4.79 Å². The molecule has 0 radical (unpaired) electrons. The summed E-state index contributed by atoms with van der Waals surface area (Å²) in [5.74, 6) is -0.316. The molecule has 0 saturated carbocycles. The van der Waals surface area contributed by atoms with E-state index >= 15 is 0 Å². The lowest BCUT2D eigenvalue weighted by Gasteiger charge is -2.01. The van der Waals surface area contributed by atoms with Gasteiger partial charge in [0.25, 0.3) is 0 Å². The molecule has 3 nitrogen and oxygen atoms in total. The van der Waals surface area contributed by atoms with E-state index in [1.165, 1.54) is 0 Å². The fourth-order valence-electron chi connectivity index (χ4n) is 0.439. The van der Waals surface area contributed by atoms with Gasteiger partial charge >= 0.3 is 0 Å². The van der Waals surface area contributed by atoms with Crippen molar-refractivity contribution < 1.29 is 4.79 Å². The largest absolute Gasteiger partial charge is 0.369 e. The summed E-state index contributed by atoms with van der Waals surface area (Å²) < 4.78 is 0. The summed E-state index contributed by atoms with van der Waals surface area (Å²) >= 11 is 3.11. The maximum absolute atomic E-state index is 10.3. The van der Waals surface area contributed by atoms with Crippen molar-refractivity contribution in [3.8, 4) is 0 Å². The van der Waals surface area contributed by atoms with Gasteiger partial charge in [-0.1, -0.05) is 15.9 Å². The van der Waals surface area contributed by atoms with Gasteiger partial charge in [0, 0.05) is 0 Å². The van der Waals surface area contributed by atoms with Crippen LogP contribution in [0, 0.1) is 0 Å². The topological polar surface area (TPSA) is 69.1 Å². The molecule has 4 heteroatoms. The molecule has 0 aromatic carbocycles. The highest BCUT2D eigenvalue weighted by atomic mass is 79.9. The third-order valence-electron chi connectivity index (χ3n) is 0.970. The number of hydrogen-bond acceptors (Lipinski definition) is 2. The molecule has 1 atom stereocenters. The van der Waals surface area contributed by atoms with Gasteiger partial charge in [-0.3, -0.25) is 4.79 Å². The van der Waals surface area contributed by atoms with Gasteiger partial charge < -0.3 is 11.5 Å². The molecule has 9 heavy (non-hydrogen) atoms. The van der Waals surface area contributed by atoms with E-state index in [0.717, 1.165) is 12.8 Å². The highest BCUT2D eigenvalue weighted by Gasteiger charge is 2.08. The minimum absolute atomic E-state index is 0.207. The Balaban J connectivity index is 3.27. The second kappa shape index (κ2) is 4.76. The van der Waals surface area contributed by atoms with Crippen LogP contribution in [-0.4, -0.2) is 17.3 Å². The molecule has 54 valence electrons. The molecule has 0 rings (SSSR count). The first-order chi connectivity index (χ1) is 4.18. The summed E-state index contributed by atoms with van der Waals surface area (Å²) in [6.07, 6.45) is 1.56. The summed E-state index contributed by atoms with van der Waals surface area (Å²) in [6, 6.07) is 0. The molecule has 0 aromatic rings. The molecule has 4 N–H and O–H groups in total. The fourth-order valence-corrected chi connectivity index (χ4v) is 0.763. The summed E-state index contributed by atoms with van der Waals surface area (Å²) in [7, 11) is 0. The molecule has 0 aromatic heterocycles. The minimum Gasteiger partial charge on any atom is -0.369 e. The van der Waals surface area contributed by atoms with E-state index in [1.54, 1.807) is 0 Å². The van der Waals surface area contributed by atoms with Gasteiger partial charge in [-0.05, 0) is 19.4 Å². The van der Waals surface area contributed by atoms with Crippen molar-refractivity contribution in [3.63, 3.8) is 0 Å². The highest BCUT2D eigenvalue weighted by molar-refractivity contribution is 9.10. The predicted molar refractivity (Wildman–Crippen MR) is 40.2 cm³/mol. The van der Waals surface area contributed by atoms with Crippen molar-refractivity contribution >= 4 is 21.8 Å². The van der Waals surface area contributed by atoms with Crippen LogP contribution in [0.1, 0.15) is 12.8 Å². The average Bonchev–Trinajstić information content (AvgIpc) is 1.82. The summed E-state index contributed by atoms with van der Waals surface area (Å²) in [6.45, 7) is 0.607. The molecule has 0 bridgehead atoms. The smallest absolute Gasteiger partial charge is 0.231 e. The first kappa shape index (κ1) is 8.91. The third kappa shape index (κ3) is 4.42. The van der Waals surface area contributed by atoms with Crippen LogP contribution in [0.5, 0.6) is 0 Å². The Kier molecular flexibility index (Phi) is 4.71. The van der Waals surface area contributed by atoms with Gasteiger partial charge in [-0.15, -0.1) is 0 Å². The van der Waals surface area contributed by atoms with Gasteiger partial charge in [0.2, 0.25) is 5.91 Å². The number of amides is 1. The molecule has 0 spiro atoms. The van der Waals surface area contributed by atoms with E-state index in [2.05, 4.69) is 15.9 Å². The lowest BCUT2D eigenvalue weighted by molar-refractivity contribution is -0.117. The lowest BCUT2D eigenvalue weighted by Crippen LogP contribution is -2.23. The first-order valence-electron chi connectivity index (χ1n) is 2.82. The van der Waals surface area contributed by atoms with Crippen molar-refractivity contribution in [1.29, 1.82) is 0 Å². The van der Waals surface area contributed by atoms with E-state index in [0.29, 0.717) is 6.54 Å². The number of halogens is 1. The molecule has 0 aliphatic carbocycles. The predicted octanol–water partition coefficient (Wildman–Crippen LogP) is -0.0259. The second-order valence-corrected chi connectivity index (χ2v) is 2.91. The van der Waals surface area contributed by atoms with Crippen LogP contribution >= 0.6 is 15.9 Å². The number of carbonyl (C=O) groups is 1. The summed E-state index contributed by atoms with van der Waals surface area (Å²) in [5, 5.41) is 0. The molecule has 0 heterocycles. The van der Waals surface area contributed by atoms with Crippen LogP contribution in [0.4, 0.5) is 0 Å². The number of primary amides is 1. The van der Waals surface area contributed by atoms with Gasteiger partial charge in [0.15, 0.2) is 0 Å². The van der Waals surface area contributed by atoms with Crippen LogP contribution in [0.25, 0.3) is 0 Å². The van der Waals surface area contributed by atoms with Crippen molar-refractivity contribution in [1.82, 2.24) is 0 Å². The summed E-state index contributed by atoms with van der Waals surface area (Å²) in [5.41, 5.74) is 10.2. The van der Waals surface area contributed by atoms with Crippen molar-refractivity contribution in [3.05, 3.63) is 0 Å². The molecular weight excluding hydrogens is 184 g/mol. The van der Waals surface area contributed by atoms with Gasteiger partial charge in [0.05, 0.1) is 4.83 Å². The van der Waals surface area contributed by atoms with Gasteiger partial charge in [-0.25, -0.2) is 0 Å². The second-order valence-electron chi connectivity index (χ2n) is 1.80. The Morgan fingerprint density at radius 2 is 2.22 bits per heavy atom. The molecule has 0 aliphatic heterocycles. The van der Waals surface area contributed by atoms with Crippen LogP contribution in [0.2, 0.25) is 0 Å². The summed E-state index contributed by atoms with van der Waals surface area (Å²) in [4.78, 5) is 10.1. The molecular formula is C5H11BrN2O. The average molecular weight is 195 g/mol. The number of hydrogen-bond donors (Lipinski definition) is 2. The maximum atomic E-state index is 10.3. The standard InChI is InChI=1S/C5H11BrN2O/c6-4(5(8)9)2-1-3-7/h4H,1-3,7H2,(H2,8,9). The quantitative estimate of drug-likeness (QED) is 0.618. The number of rotatable bonds is 4. The zero-order chi connectivity index (χ0) is 7.28. The number of alkyl halides is 1. The van der Waals surface area contributed by atoms with Crippen LogP contribution < -0.4 is 11.5 Å². The van der Waals surface area contributed by atoms with Crippen LogP contribution in [0.15, 0.2) is 0 Å². The zero-order valence-corrected chi connectivity index (χ0v) is 6.73. The van der Waals surface area contributed by atoms with E-state index < -0.39 is 0 Å². The third-order valence-corrected chi connectivity index (χ3v) is 1.88. The maximum Gasteiger partial charge on any atom is 0.231 e. The Bertz CT molecular complexity index is 97.0. The highest BCUT2D eigenvalue weighted by Crippen LogP contribution is 2.05. The molecule has 0 fully saturated rings. The van der Waals surface area contributed by atoms with E-state index in [9.17, 15) is 4.79 Å². The Labute approximate surface area is 62.9 Å². The Hall–Kier alpha value is -0.0900. The van der Waals surface area contributed by atoms with E-state index in [4.69, 9.17) is 11.5 Å². The molecule has 0 aliphatic rings. The number of carbonyl (C=O) groups excluding carboxylic acids is 1. The van der Waals surface area contributed by atoms with Crippen molar-refractivity contribution in [2.45, 2.75) is 17.7 Å². The molecule has 1 amide bonds. The van der Waals surface area contributed by atoms with Gasteiger partial charge in [0.1, 0.15) is 0 Å². The molecule has 1 unspecified atom stereocenters. The van der Waals surface area contributed by atoms with Crippen LogP contribution in [0.3, 0.4) is 0 Å². The SMILES string of the molecule is NCCCC(Br)C(N)=O. The zero-order valence-electron chi connectivity index (χ0n) is 5.14. The van der Waals surface area contributed by atoms with Crippen molar-refractivity contribution in [2.24, 2.45) is 11.5 Å². The fraction of sp³-hybridized carbons (Fsp3) is 0.800. The normalized spacial score (nSPS) is 13.1. The van der Waals surface area contributed by atoms with Crippen molar-refractivity contribution in [2.75, 3.05) is 6.54 Å². The molecule has 0 saturated heterocycles. The monoisotopic (exact) mass is 194 g/mol. The lowest BCUT2D eigenvalue weighted by atomic mass is 10.2. The Morgan fingerprint density at radius 1 is 1.67 bits per heavy atom. The van der Waals surface area contributed by atoms with E-state index in [1.807, 2.05) is 0 Å². The number of nitrogens with two attached hydrogens (primary N) is 2. The first-order valence-corrected chi connectivity index (χ1v) is 3.73. The van der Waals surface area contributed by atoms with E-state index in [-0.39, 0.29) is 10.7 Å². The minimum atomic E-state index is -0.316. The Morgan fingerprint density at radius 3 is 2.56 bits per heavy atom. The van der Waals surface area contributed by atoms with Gasteiger partial charge in [-0.2, -0.15) is 0 Å².